The molecule has 5 heteroatoms. The highest BCUT2D eigenvalue weighted by atomic mass is 35.5. The van der Waals surface area contributed by atoms with E-state index >= 15 is 0 Å². The number of hydrogen-bond donors (Lipinski definition) is 1. The minimum absolute atomic E-state index is 0.0292. The maximum absolute atomic E-state index is 8.55. The molecule has 0 bridgehead atoms. The molecular weight excluding hydrogens is 271 g/mol. The van der Waals surface area contributed by atoms with Crippen molar-refractivity contribution in [2.75, 3.05) is 13.2 Å². The van der Waals surface area contributed by atoms with E-state index in [4.69, 9.17) is 33.2 Å². The van der Waals surface area contributed by atoms with E-state index in [9.17, 15) is 0 Å². The summed E-state index contributed by atoms with van der Waals surface area (Å²) in [7, 11) is 0. The van der Waals surface area contributed by atoms with Gasteiger partial charge >= 0.3 is 0 Å². The fourth-order valence-corrected chi connectivity index (χ4v) is 2.10. The summed E-state index contributed by atoms with van der Waals surface area (Å²) < 4.78 is 5.34. The Morgan fingerprint density at radius 2 is 2.11 bits per heavy atom. The number of benzene rings is 1. The van der Waals surface area contributed by atoms with E-state index in [1.165, 1.54) is 0 Å². The van der Waals surface area contributed by atoms with Crippen LogP contribution in [0.2, 0.25) is 10.0 Å². The van der Waals surface area contributed by atoms with Gasteiger partial charge in [-0.1, -0.05) is 37.0 Å². The fraction of sp³-hybridized carbons (Fsp3) is 0.462. The lowest BCUT2D eigenvalue weighted by Gasteiger charge is -2.13. The number of ether oxygens (including phenoxy) is 1. The predicted octanol–water partition coefficient (Wildman–Crippen LogP) is 3.64. The highest BCUT2D eigenvalue weighted by Crippen LogP contribution is 2.32. The molecule has 0 atom stereocenters. The van der Waals surface area contributed by atoms with Crippen molar-refractivity contribution in [2.24, 2.45) is 5.92 Å². The minimum Gasteiger partial charge on any atom is -0.477 e. The molecule has 0 spiro atoms. The first-order valence-electron chi connectivity index (χ1n) is 5.73. The Labute approximate surface area is 118 Å². The van der Waals surface area contributed by atoms with Crippen molar-refractivity contribution in [1.29, 1.82) is 5.26 Å². The number of halogens is 2. The summed E-state index contributed by atoms with van der Waals surface area (Å²) in [5, 5.41) is 12.8. The Balaban J connectivity index is 2.82. The Kier molecular flexibility index (Phi) is 6.28. The summed E-state index contributed by atoms with van der Waals surface area (Å²) in [5.74, 6) is 1.09. The third kappa shape index (κ3) is 4.73. The van der Waals surface area contributed by atoms with Crippen LogP contribution in [0.3, 0.4) is 0 Å². The van der Waals surface area contributed by atoms with Crippen molar-refractivity contribution >= 4 is 23.2 Å². The smallest absolute Gasteiger partial charge is 0.174 e. The van der Waals surface area contributed by atoms with Gasteiger partial charge in [0.05, 0.1) is 5.02 Å². The van der Waals surface area contributed by atoms with Crippen LogP contribution in [0.25, 0.3) is 0 Å². The molecule has 18 heavy (non-hydrogen) atoms. The Morgan fingerprint density at radius 1 is 1.39 bits per heavy atom. The van der Waals surface area contributed by atoms with Crippen LogP contribution in [-0.4, -0.2) is 13.2 Å². The van der Waals surface area contributed by atoms with Gasteiger partial charge < -0.3 is 10.1 Å². The zero-order valence-electron chi connectivity index (χ0n) is 10.5. The quantitative estimate of drug-likeness (QED) is 0.868. The van der Waals surface area contributed by atoms with Crippen LogP contribution in [0.1, 0.15) is 19.4 Å². The van der Waals surface area contributed by atoms with Crippen LogP contribution in [0, 0.1) is 17.2 Å². The molecule has 0 unspecified atom stereocenters. The molecule has 0 aliphatic carbocycles. The molecule has 0 aliphatic heterocycles. The molecule has 0 amide bonds. The van der Waals surface area contributed by atoms with Crippen molar-refractivity contribution in [3.8, 4) is 11.8 Å². The summed E-state index contributed by atoms with van der Waals surface area (Å²) in [5.41, 5.74) is 0.864. The van der Waals surface area contributed by atoms with Crippen molar-refractivity contribution in [1.82, 2.24) is 5.32 Å². The average Bonchev–Trinajstić information content (AvgIpc) is 2.27. The first-order valence-corrected chi connectivity index (χ1v) is 6.48. The van der Waals surface area contributed by atoms with Crippen LogP contribution >= 0.6 is 23.2 Å². The van der Waals surface area contributed by atoms with E-state index in [-0.39, 0.29) is 6.61 Å². The second-order valence-corrected chi connectivity index (χ2v) is 5.19. The van der Waals surface area contributed by atoms with Gasteiger partial charge in [-0.25, -0.2) is 0 Å². The van der Waals surface area contributed by atoms with Gasteiger partial charge in [-0.2, -0.15) is 5.26 Å². The number of nitrogens with one attached hydrogen (secondary N) is 1. The van der Waals surface area contributed by atoms with E-state index in [0.717, 1.165) is 12.1 Å². The van der Waals surface area contributed by atoms with Gasteiger partial charge in [-0.05, 0) is 24.6 Å². The highest BCUT2D eigenvalue weighted by Gasteiger charge is 2.10. The van der Waals surface area contributed by atoms with Gasteiger partial charge in [0.1, 0.15) is 11.8 Å². The SMILES string of the molecule is CC(C)CNCc1cc(Cl)cc(Cl)c1OCC#N. The lowest BCUT2D eigenvalue weighted by molar-refractivity contribution is 0.362. The number of rotatable bonds is 6. The molecule has 0 aromatic heterocycles. The molecule has 0 fully saturated rings. The van der Waals surface area contributed by atoms with Crippen LogP contribution in [-0.2, 0) is 6.54 Å². The maximum atomic E-state index is 8.55. The first-order chi connectivity index (χ1) is 8.54. The normalized spacial score (nSPS) is 10.4. The fourth-order valence-electron chi connectivity index (χ4n) is 1.51. The van der Waals surface area contributed by atoms with Crippen molar-refractivity contribution in [3.05, 3.63) is 27.7 Å². The monoisotopic (exact) mass is 286 g/mol. The molecule has 0 radical (unpaired) electrons. The predicted molar refractivity (Wildman–Crippen MR) is 74.1 cm³/mol. The summed E-state index contributed by atoms with van der Waals surface area (Å²) in [6, 6.07) is 5.34. The average molecular weight is 287 g/mol. The van der Waals surface area contributed by atoms with Crippen LogP contribution in [0.15, 0.2) is 12.1 Å². The lowest BCUT2D eigenvalue weighted by atomic mass is 10.1. The molecule has 98 valence electrons. The lowest BCUT2D eigenvalue weighted by Crippen LogP contribution is -2.19. The molecule has 1 N–H and O–H groups in total. The van der Waals surface area contributed by atoms with Gasteiger partial charge in [-0.3, -0.25) is 0 Å². The number of hydrogen-bond acceptors (Lipinski definition) is 3. The maximum Gasteiger partial charge on any atom is 0.174 e. The van der Waals surface area contributed by atoms with Gasteiger partial charge in [-0.15, -0.1) is 0 Å². The Bertz CT molecular complexity index is 441. The van der Waals surface area contributed by atoms with E-state index in [2.05, 4.69) is 19.2 Å². The number of nitrogens with zero attached hydrogens (tertiary/aromatic N) is 1. The Morgan fingerprint density at radius 3 is 2.72 bits per heavy atom. The standard InChI is InChI=1S/C13H16Cl2N2O/c1-9(2)7-17-8-10-5-11(14)6-12(15)13(10)18-4-3-16/h5-6,9,17H,4,7-8H2,1-2H3. The van der Waals surface area contributed by atoms with Gasteiger partial charge in [0.25, 0.3) is 0 Å². The van der Waals surface area contributed by atoms with Crippen LogP contribution < -0.4 is 10.1 Å². The molecule has 0 saturated heterocycles. The van der Waals surface area contributed by atoms with Crippen molar-refractivity contribution < 1.29 is 4.74 Å². The number of nitriles is 1. The van der Waals surface area contributed by atoms with Crippen molar-refractivity contribution in [2.45, 2.75) is 20.4 Å². The summed E-state index contributed by atoms with van der Waals surface area (Å²) >= 11 is 12.0. The van der Waals surface area contributed by atoms with Gasteiger partial charge in [0, 0.05) is 17.1 Å². The Hall–Kier alpha value is -0.950. The topological polar surface area (TPSA) is 45.0 Å². The van der Waals surface area contributed by atoms with Crippen LogP contribution in [0.5, 0.6) is 5.75 Å². The summed E-state index contributed by atoms with van der Waals surface area (Å²) in [4.78, 5) is 0. The summed E-state index contributed by atoms with van der Waals surface area (Å²) in [6.45, 7) is 5.73. The molecule has 1 aromatic carbocycles. The second-order valence-electron chi connectivity index (χ2n) is 4.35. The molecule has 1 rings (SSSR count). The van der Waals surface area contributed by atoms with Crippen molar-refractivity contribution in [3.63, 3.8) is 0 Å². The highest BCUT2D eigenvalue weighted by molar-refractivity contribution is 6.35. The van der Waals surface area contributed by atoms with E-state index in [1.54, 1.807) is 12.1 Å². The zero-order valence-corrected chi connectivity index (χ0v) is 12.0. The first kappa shape index (κ1) is 15.1. The molecule has 0 heterocycles. The molecule has 0 aliphatic rings. The minimum atomic E-state index is -0.0292. The van der Waals surface area contributed by atoms with E-state index in [0.29, 0.717) is 28.3 Å². The van der Waals surface area contributed by atoms with Crippen LogP contribution in [0.4, 0.5) is 0 Å². The molecule has 0 saturated carbocycles. The van der Waals surface area contributed by atoms with Gasteiger partial charge in [0.15, 0.2) is 6.61 Å². The summed E-state index contributed by atoms with van der Waals surface area (Å²) in [6.07, 6.45) is 0. The zero-order chi connectivity index (χ0) is 13.5. The molecule has 1 aromatic rings. The third-order valence-corrected chi connectivity index (χ3v) is 2.73. The molecular formula is C13H16Cl2N2O. The second kappa shape index (κ2) is 7.48. The molecule has 3 nitrogen and oxygen atoms in total. The largest absolute Gasteiger partial charge is 0.477 e. The van der Waals surface area contributed by atoms with E-state index in [1.807, 2.05) is 6.07 Å². The van der Waals surface area contributed by atoms with E-state index < -0.39 is 0 Å². The van der Waals surface area contributed by atoms with Gasteiger partial charge in [0.2, 0.25) is 0 Å². The third-order valence-electron chi connectivity index (χ3n) is 2.23.